The van der Waals surface area contributed by atoms with Crippen molar-refractivity contribution in [1.82, 2.24) is 5.32 Å². The van der Waals surface area contributed by atoms with Gasteiger partial charge < -0.3 is 10.2 Å². The van der Waals surface area contributed by atoms with Gasteiger partial charge in [-0.2, -0.15) is 0 Å². The van der Waals surface area contributed by atoms with Crippen LogP contribution in [0, 0.1) is 0 Å². The second kappa shape index (κ2) is 2.64. The summed E-state index contributed by atoms with van der Waals surface area (Å²) in [5.74, 6) is 0. The maximum absolute atomic E-state index is 9.37. The summed E-state index contributed by atoms with van der Waals surface area (Å²) in [4.78, 5) is 0. The van der Waals surface area contributed by atoms with E-state index in [-0.39, 0.29) is 6.61 Å². The maximum Gasteiger partial charge on any atom is 0.0902 e. The molecule has 3 heteroatoms. The highest BCUT2D eigenvalue weighted by Crippen LogP contribution is 2.16. The molecule has 1 aliphatic heterocycles. The zero-order valence-electron chi connectivity index (χ0n) is 5.38. The SMILES string of the molecule is OCC1(O)CC[N]CC1. The Bertz CT molecular complexity index is 89.1. The standard InChI is InChI=1S/C6H12NO2/c8-5-6(9)1-3-7-4-2-6/h8-9H,1-5H2. The van der Waals surface area contributed by atoms with Crippen molar-refractivity contribution in [2.45, 2.75) is 18.4 Å². The molecule has 0 aromatic heterocycles. The molecule has 1 saturated heterocycles. The van der Waals surface area contributed by atoms with E-state index in [9.17, 15) is 5.11 Å². The fourth-order valence-electron chi connectivity index (χ4n) is 0.969. The summed E-state index contributed by atoms with van der Waals surface area (Å²) >= 11 is 0. The predicted molar refractivity (Wildman–Crippen MR) is 33.1 cm³/mol. The molecule has 0 spiro atoms. The summed E-state index contributed by atoms with van der Waals surface area (Å²) in [6.07, 6.45) is 1.23. The van der Waals surface area contributed by atoms with Crippen molar-refractivity contribution in [2.75, 3.05) is 19.7 Å². The number of hydrogen-bond donors (Lipinski definition) is 2. The van der Waals surface area contributed by atoms with Crippen LogP contribution in [-0.4, -0.2) is 35.5 Å². The van der Waals surface area contributed by atoms with Gasteiger partial charge in [-0.05, 0) is 12.8 Å². The lowest BCUT2D eigenvalue weighted by molar-refractivity contribution is -0.0374. The van der Waals surface area contributed by atoms with Crippen LogP contribution in [0.5, 0.6) is 0 Å². The van der Waals surface area contributed by atoms with Gasteiger partial charge in [0.1, 0.15) is 0 Å². The summed E-state index contributed by atoms with van der Waals surface area (Å²) < 4.78 is 0. The van der Waals surface area contributed by atoms with Gasteiger partial charge in [-0.3, -0.25) is 0 Å². The average Bonchev–Trinajstić information content (AvgIpc) is 1.90. The first-order valence-electron chi connectivity index (χ1n) is 3.23. The van der Waals surface area contributed by atoms with E-state index in [1.54, 1.807) is 0 Å². The second-order valence-electron chi connectivity index (χ2n) is 2.55. The summed E-state index contributed by atoms with van der Waals surface area (Å²) in [5.41, 5.74) is -0.818. The third-order valence-corrected chi connectivity index (χ3v) is 1.76. The van der Waals surface area contributed by atoms with Crippen LogP contribution in [0.3, 0.4) is 0 Å². The quantitative estimate of drug-likeness (QED) is 0.483. The molecule has 0 saturated carbocycles. The first-order chi connectivity index (χ1) is 4.27. The van der Waals surface area contributed by atoms with Crippen LogP contribution in [0.4, 0.5) is 0 Å². The molecule has 1 heterocycles. The molecule has 2 N–H and O–H groups in total. The zero-order valence-corrected chi connectivity index (χ0v) is 5.38. The van der Waals surface area contributed by atoms with Gasteiger partial charge in [0.05, 0.1) is 12.2 Å². The molecular weight excluding hydrogens is 118 g/mol. The van der Waals surface area contributed by atoms with Crippen molar-refractivity contribution in [1.29, 1.82) is 0 Å². The fraction of sp³-hybridized carbons (Fsp3) is 1.00. The highest BCUT2D eigenvalue weighted by atomic mass is 16.3. The van der Waals surface area contributed by atoms with Crippen LogP contribution < -0.4 is 5.32 Å². The molecular formula is C6H12NO2. The molecule has 0 aliphatic carbocycles. The molecule has 0 aromatic carbocycles. The lowest BCUT2D eigenvalue weighted by Gasteiger charge is -2.29. The Morgan fingerprint density at radius 3 is 2.22 bits per heavy atom. The van der Waals surface area contributed by atoms with Crippen LogP contribution in [0.2, 0.25) is 0 Å². The Hall–Kier alpha value is -0.120. The lowest BCUT2D eigenvalue weighted by atomic mass is 9.94. The Balaban J connectivity index is 2.37. The fourth-order valence-corrected chi connectivity index (χ4v) is 0.969. The maximum atomic E-state index is 9.37. The molecule has 1 fully saturated rings. The average molecular weight is 130 g/mol. The van der Waals surface area contributed by atoms with Gasteiger partial charge in [-0.25, -0.2) is 5.32 Å². The van der Waals surface area contributed by atoms with Gasteiger partial charge in [0, 0.05) is 13.1 Å². The molecule has 1 rings (SSSR count). The molecule has 9 heavy (non-hydrogen) atoms. The van der Waals surface area contributed by atoms with Gasteiger partial charge in [-0.15, -0.1) is 0 Å². The number of rotatable bonds is 1. The topological polar surface area (TPSA) is 54.6 Å². The van der Waals surface area contributed by atoms with Crippen molar-refractivity contribution >= 4 is 0 Å². The zero-order chi connectivity index (χ0) is 6.74. The highest BCUT2D eigenvalue weighted by Gasteiger charge is 2.28. The van der Waals surface area contributed by atoms with Crippen LogP contribution in [0.15, 0.2) is 0 Å². The van der Waals surface area contributed by atoms with E-state index in [4.69, 9.17) is 5.11 Å². The third kappa shape index (κ3) is 1.64. The molecule has 53 valence electrons. The largest absolute Gasteiger partial charge is 0.393 e. The van der Waals surface area contributed by atoms with E-state index in [1.807, 2.05) is 0 Å². The summed E-state index contributed by atoms with van der Waals surface area (Å²) in [7, 11) is 0. The van der Waals surface area contributed by atoms with Crippen molar-refractivity contribution in [3.63, 3.8) is 0 Å². The summed E-state index contributed by atoms with van der Waals surface area (Å²) in [5, 5.41) is 22.1. The van der Waals surface area contributed by atoms with E-state index in [0.717, 1.165) is 0 Å². The van der Waals surface area contributed by atoms with E-state index >= 15 is 0 Å². The Kier molecular flexibility index (Phi) is 2.05. The highest BCUT2D eigenvalue weighted by molar-refractivity contribution is 4.82. The Morgan fingerprint density at radius 2 is 1.89 bits per heavy atom. The summed E-state index contributed by atoms with van der Waals surface area (Å²) in [6.45, 7) is 1.26. The van der Waals surface area contributed by atoms with Crippen molar-refractivity contribution in [3.05, 3.63) is 0 Å². The molecule has 0 amide bonds. The van der Waals surface area contributed by atoms with Crippen molar-refractivity contribution in [3.8, 4) is 0 Å². The molecule has 0 aromatic rings. The number of aliphatic hydroxyl groups is 2. The van der Waals surface area contributed by atoms with Crippen LogP contribution in [0.25, 0.3) is 0 Å². The molecule has 3 nitrogen and oxygen atoms in total. The molecule has 1 radical (unpaired) electrons. The number of piperidine rings is 1. The van der Waals surface area contributed by atoms with Crippen molar-refractivity contribution < 1.29 is 10.2 Å². The Labute approximate surface area is 54.7 Å². The van der Waals surface area contributed by atoms with Gasteiger partial charge in [0.15, 0.2) is 0 Å². The van der Waals surface area contributed by atoms with Crippen LogP contribution >= 0.6 is 0 Å². The molecule has 0 atom stereocenters. The van der Waals surface area contributed by atoms with E-state index in [1.165, 1.54) is 0 Å². The molecule has 0 unspecified atom stereocenters. The first-order valence-corrected chi connectivity index (χ1v) is 3.23. The van der Waals surface area contributed by atoms with Gasteiger partial charge in [0.25, 0.3) is 0 Å². The second-order valence-corrected chi connectivity index (χ2v) is 2.55. The minimum atomic E-state index is -0.818. The van der Waals surface area contributed by atoms with E-state index in [0.29, 0.717) is 25.9 Å². The normalized spacial score (nSPS) is 26.0. The molecule has 1 aliphatic rings. The van der Waals surface area contributed by atoms with E-state index < -0.39 is 5.60 Å². The summed E-state index contributed by atoms with van der Waals surface area (Å²) in [6, 6.07) is 0. The number of nitrogens with zero attached hydrogens (tertiary/aromatic N) is 1. The number of hydrogen-bond acceptors (Lipinski definition) is 2. The third-order valence-electron chi connectivity index (χ3n) is 1.76. The molecule has 0 bridgehead atoms. The predicted octanol–water partition coefficient (Wildman–Crippen LogP) is -0.892. The van der Waals surface area contributed by atoms with Gasteiger partial charge in [-0.1, -0.05) is 0 Å². The van der Waals surface area contributed by atoms with Crippen LogP contribution in [0.1, 0.15) is 12.8 Å². The minimum Gasteiger partial charge on any atom is -0.393 e. The monoisotopic (exact) mass is 130 g/mol. The lowest BCUT2D eigenvalue weighted by Crippen LogP contribution is -2.42. The minimum absolute atomic E-state index is 0.123. The number of aliphatic hydroxyl groups excluding tert-OH is 1. The van der Waals surface area contributed by atoms with Gasteiger partial charge >= 0.3 is 0 Å². The smallest absolute Gasteiger partial charge is 0.0902 e. The van der Waals surface area contributed by atoms with Crippen molar-refractivity contribution in [2.24, 2.45) is 0 Å². The van der Waals surface area contributed by atoms with Crippen LogP contribution in [-0.2, 0) is 0 Å². The van der Waals surface area contributed by atoms with E-state index in [2.05, 4.69) is 5.32 Å². The first kappa shape index (κ1) is 6.99. The van der Waals surface area contributed by atoms with Gasteiger partial charge in [0.2, 0.25) is 0 Å². The Morgan fingerprint density at radius 1 is 1.33 bits per heavy atom.